The largest absolute Gasteiger partial charge is 0.481 e. The van der Waals surface area contributed by atoms with Crippen molar-refractivity contribution in [1.82, 2.24) is 10.6 Å². The SMILES string of the molecule is NC(=O)CCC(NC(=O)C1CCC(CNC(=O)CCCCC(=O)O)CC1)C(=O)O. The van der Waals surface area contributed by atoms with E-state index in [9.17, 15) is 24.0 Å². The molecule has 164 valence electrons. The van der Waals surface area contributed by atoms with Crippen molar-refractivity contribution in [3.8, 4) is 0 Å². The summed E-state index contributed by atoms with van der Waals surface area (Å²) in [7, 11) is 0. The molecule has 29 heavy (non-hydrogen) atoms. The van der Waals surface area contributed by atoms with Gasteiger partial charge in [0.1, 0.15) is 6.04 Å². The summed E-state index contributed by atoms with van der Waals surface area (Å²) < 4.78 is 0. The number of primary amides is 1. The number of nitrogens with one attached hydrogen (secondary N) is 2. The second-order valence-corrected chi connectivity index (χ2v) is 7.53. The molecule has 0 saturated heterocycles. The van der Waals surface area contributed by atoms with Gasteiger partial charge in [0.15, 0.2) is 0 Å². The molecule has 10 heteroatoms. The van der Waals surface area contributed by atoms with Crippen molar-refractivity contribution in [1.29, 1.82) is 0 Å². The Bertz CT molecular complexity index is 601. The molecule has 0 aliphatic heterocycles. The quantitative estimate of drug-likeness (QED) is 0.271. The van der Waals surface area contributed by atoms with E-state index in [0.29, 0.717) is 38.6 Å². The minimum absolute atomic E-state index is 0.0375. The van der Waals surface area contributed by atoms with Crippen LogP contribution in [0.1, 0.15) is 64.2 Å². The molecule has 1 unspecified atom stereocenters. The van der Waals surface area contributed by atoms with Crippen molar-refractivity contribution >= 4 is 29.7 Å². The smallest absolute Gasteiger partial charge is 0.326 e. The monoisotopic (exact) mass is 413 g/mol. The summed E-state index contributed by atoms with van der Waals surface area (Å²) in [5.41, 5.74) is 5.03. The van der Waals surface area contributed by atoms with Crippen LogP contribution in [-0.4, -0.2) is 52.5 Å². The molecule has 0 radical (unpaired) electrons. The average molecular weight is 413 g/mol. The van der Waals surface area contributed by atoms with Crippen molar-refractivity contribution in [3.05, 3.63) is 0 Å². The average Bonchev–Trinajstić information content (AvgIpc) is 2.66. The lowest BCUT2D eigenvalue weighted by Gasteiger charge is -2.28. The van der Waals surface area contributed by atoms with E-state index in [4.69, 9.17) is 15.9 Å². The van der Waals surface area contributed by atoms with Crippen molar-refractivity contribution in [2.24, 2.45) is 17.6 Å². The minimum atomic E-state index is -1.20. The highest BCUT2D eigenvalue weighted by Crippen LogP contribution is 2.28. The van der Waals surface area contributed by atoms with Gasteiger partial charge in [0.25, 0.3) is 0 Å². The lowest BCUT2D eigenvalue weighted by atomic mass is 9.81. The number of hydrogen-bond donors (Lipinski definition) is 5. The van der Waals surface area contributed by atoms with Crippen LogP contribution in [0.4, 0.5) is 0 Å². The topological polar surface area (TPSA) is 176 Å². The summed E-state index contributed by atoms with van der Waals surface area (Å²) in [6.45, 7) is 0.516. The minimum Gasteiger partial charge on any atom is -0.481 e. The second-order valence-electron chi connectivity index (χ2n) is 7.53. The van der Waals surface area contributed by atoms with Crippen LogP contribution in [0.3, 0.4) is 0 Å². The van der Waals surface area contributed by atoms with E-state index < -0.39 is 23.9 Å². The Morgan fingerprint density at radius 1 is 0.931 bits per heavy atom. The fraction of sp³-hybridized carbons (Fsp3) is 0.737. The zero-order chi connectivity index (χ0) is 21.8. The highest BCUT2D eigenvalue weighted by atomic mass is 16.4. The molecule has 0 aromatic carbocycles. The first kappa shape index (κ1) is 24.4. The van der Waals surface area contributed by atoms with Crippen LogP contribution in [0.25, 0.3) is 0 Å². The fourth-order valence-electron chi connectivity index (χ4n) is 3.37. The molecule has 1 atom stereocenters. The molecule has 10 nitrogen and oxygen atoms in total. The molecule has 1 fully saturated rings. The van der Waals surface area contributed by atoms with Gasteiger partial charge in [0.2, 0.25) is 17.7 Å². The number of carboxylic acids is 2. The first-order valence-electron chi connectivity index (χ1n) is 9.99. The number of unbranched alkanes of at least 4 members (excludes halogenated alkanes) is 1. The molecule has 3 amide bonds. The number of aliphatic carboxylic acids is 2. The van der Waals surface area contributed by atoms with Gasteiger partial charge < -0.3 is 26.6 Å². The Hall–Kier alpha value is -2.65. The van der Waals surface area contributed by atoms with Crippen LogP contribution < -0.4 is 16.4 Å². The van der Waals surface area contributed by atoms with E-state index in [2.05, 4.69) is 10.6 Å². The van der Waals surface area contributed by atoms with Gasteiger partial charge in [-0.2, -0.15) is 0 Å². The molecule has 1 aliphatic rings. The number of hydrogen-bond acceptors (Lipinski definition) is 5. The second kappa shape index (κ2) is 12.7. The Morgan fingerprint density at radius 2 is 1.55 bits per heavy atom. The van der Waals surface area contributed by atoms with Crippen LogP contribution in [0.2, 0.25) is 0 Å². The fourth-order valence-corrected chi connectivity index (χ4v) is 3.37. The highest BCUT2D eigenvalue weighted by Gasteiger charge is 2.29. The first-order valence-corrected chi connectivity index (χ1v) is 9.99. The van der Waals surface area contributed by atoms with Gasteiger partial charge in [-0.15, -0.1) is 0 Å². The zero-order valence-electron chi connectivity index (χ0n) is 16.5. The number of rotatable bonds is 13. The third-order valence-corrected chi connectivity index (χ3v) is 5.14. The maximum atomic E-state index is 12.3. The predicted octanol–water partition coefficient (Wildman–Crippen LogP) is 0.389. The number of carbonyl (C=O) groups excluding carboxylic acids is 3. The maximum Gasteiger partial charge on any atom is 0.326 e. The van der Waals surface area contributed by atoms with Gasteiger partial charge in [-0.3, -0.25) is 19.2 Å². The number of carboxylic acid groups (broad SMARTS) is 2. The van der Waals surface area contributed by atoms with Gasteiger partial charge in [0.05, 0.1) is 0 Å². The van der Waals surface area contributed by atoms with E-state index in [0.717, 1.165) is 12.8 Å². The summed E-state index contributed by atoms with van der Waals surface area (Å²) >= 11 is 0. The molecule has 1 rings (SSSR count). The molecule has 0 heterocycles. The van der Waals surface area contributed by atoms with Crippen LogP contribution >= 0.6 is 0 Å². The van der Waals surface area contributed by atoms with Gasteiger partial charge in [-0.05, 0) is 50.9 Å². The Balaban J connectivity index is 2.28. The molecule has 1 aliphatic carbocycles. The van der Waals surface area contributed by atoms with E-state index in [1.54, 1.807) is 0 Å². The van der Waals surface area contributed by atoms with Gasteiger partial charge in [-0.1, -0.05) is 0 Å². The summed E-state index contributed by atoms with van der Waals surface area (Å²) in [5, 5.41) is 23.1. The summed E-state index contributed by atoms with van der Waals surface area (Å²) in [6, 6.07) is -1.13. The van der Waals surface area contributed by atoms with Crippen molar-refractivity contribution in [2.45, 2.75) is 70.3 Å². The van der Waals surface area contributed by atoms with Crippen LogP contribution in [-0.2, 0) is 24.0 Å². The van der Waals surface area contributed by atoms with Crippen molar-refractivity contribution in [2.75, 3.05) is 6.54 Å². The molecular formula is C19H31N3O7. The van der Waals surface area contributed by atoms with Crippen LogP contribution in [0.15, 0.2) is 0 Å². The Kier molecular flexibility index (Phi) is 10.7. The maximum absolute atomic E-state index is 12.3. The number of carbonyl (C=O) groups is 5. The molecule has 1 saturated carbocycles. The lowest BCUT2D eigenvalue weighted by Crippen LogP contribution is -2.45. The molecule has 0 spiro atoms. The van der Waals surface area contributed by atoms with Crippen molar-refractivity contribution in [3.63, 3.8) is 0 Å². The lowest BCUT2D eigenvalue weighted by molar-refractivity contribution is -0.143. The third kappa shape index (κ3) is 10.5. The van der Waals surface area contributed by atoms with Crippen LogP contribution in [0.5, 0.6) is 0 Å². The molecule has 0 bridgehead atoms. The molecular weight excluding hydrogens is 382 g/mol. The Labute approximate surface area is 169 Å². The highest BCUT2D eigenvalue weighted by molar-refractivity contribution is 5.85. The standard InChI is InChI=1S/C19H31N3O7/c20-15(23)10-9-14(19(28)29)22-18(27)13-7-5-12(6-8-13)11-21-16(24)3-1-2-4-17(25)26/h12-14H,1-11H2,(H2,20,23)(H,21,24)(H,22,27)(H,25,26)(H,28,29). The number of nitrogens with two attached hydrogens (primary N) is 1. The number of amides is 3. The van der Waals surface area contributed by atoms with E-state index >= 15 is 0 Å². The summed E-state index contributed by atoms with van der Waals surface area (Å²) in [5.74, 6) is -3.14. The van der Waals surface area contributed by atoms with E-state index in [1.165, 1.54) is 0 Å². The molecule has 6 N–H and O–H groups in total. The Morgan fingerprint density at radius 3 is 2.10 bits per heavy atom. The molecule has 0 aromatic rings. The summed E-state index contributed by atoms with van der Waals surface area (Å²) in [4.78, 5) is 56.6. The van der Waals surface area contributed by atoms with Crippen molar-refractivity contribution < 1.29 is 34.2 Å². The normalized spacial score (nSPS) is 19.7. The van der Waals surface area contributed by atoms with Crippen LogP contribution in [0, 0.1) is 11.8 Å². The molecule has 0 aromatic heterocycles. The summed E-state index contributed by atoms with van der Waals surface area (Å²) in [6.07, 6.45) is 3.92. The first-order chi connectivity index (χ1) is 13.7. The van der Waals surface area contributed by atoms with Gasteiger partial charge in [0, 0.05) is 31.7 Å². The predicted molar refractivity (Wildman–Crippen MR) is 103 cm³/mol. The third-order valence-electron chi connectivity index (χ3n) is 5.14. The van der Waals surface area contributed by atoms with E-state index in [1.807, 2.05) is 0 Å². The van der Waals surface area contributed by atoms with Gasteiger partial charge >= 0.3 is 11.9 Å². The van der Waals surface area contributed by atoms with Gasteiger partial charge in [-0.25, -0.2) is 4.79 Å². The zero-order valence-corrected chi connectivity index (χ0v) is 16.5. The van der Waals surface area contributed by atoms with E-state index in [-0.39, 0.29) is 42.9 Å².